The zero-order chi connectivity index (χ0) is 11.0. The third-order valence-corrected chi connectivity index (χ3v) is 2.98. The lowest BCUT2D eigenvalue weighted by Gasteiger charge is -2.04. The van der Waals surface area contributed by atoms with Crippen LogP contribution in [-0.4, -0.2) is 4.98 Å². The molecule has 2 rings (SSSR count). The first kappa shape index (κ1) is 10.4. The molecule has 1 heterocycles. The molecule has 0 atom stereocenters. The van der Waals surface area contributed by atoms with Crippen molar-refractivity contribution in [3.05, 3.63) is 44.4 Å². The summed E-state index contributed by atoms with van der Waals surface area (Å²) in [6.45, 7) is 1.91. The summed E-state index contributed by atoms with van der Waals surface area (Å²) < 4.78 is 14.1. The van der Waals surface area contributed by atoms with Gasteiger partial charge in [-0.2, -0.15) is 0 Å². The fourth-order valence-corrected chi connectivity index (χ4v) is 2.06. The first-order chi connectivity index (χ1) is 7.13. The van der Waals surface area contributed by atoms with Gasteiger partial charge in [0.25, 0.3) is 0 Å². The molecule has 0 aliphatic heterocycles. The predicted octanol–water partition coefficient (Wildman–Crippen LogP) is 2.99. The zero-order valence-electron chi connectivity index (χ0n) is 8.10. The average molecular weight is 270 g/mol. The molecule has 0 radical (unpaired) electrons. The lowest BCUT2D eigenvalue weighted by atomic mass is 10.1. The largest absolute Gasteiger partial charge is 0.356 e. The molecule has 0 fully saturated rings. The molecule has 1 aromatic carbocycles. The van der Waals surface area contributed by atoms with Gasteiger partial charge in [0, 0.05) is 16.2 Å². The van der Waals surface area contributed by atoms with Crippen LogP contribution in [0.25, 0.3) is 10.9 Å². The summed E-state index contributed by atoms with van der Waals surface area (Å²) in [6.07, 6.45) is 0.678. The van der Waals surface area contributed by atoms with Crippen molar-refractivity contribution in [2.24, 2.45) is 0 Å². The fourth-order valence-electron chi connectivity index (χ4n) is 1.53. The molecule has 0 bridgehead atoms. The Kier molecular flexibility index (Phi) is 2.61. The van der Waals surface area contributed by atoms with E-state index < -0.39 is 5.82 Å². The Morgan fingerprint density at radius 2 is 2.20 bits per heavy atom. The summed E-state index contributed by atoms with van der Waals surface area (Å²) in [4.78, 5) is 14.6. The Morgan fingerprint density at radius 3 is 2.87 bits per heavy atom. The SMILES string of the molecule is CCc1cc(=O)c2c(Br)ccc(F)c2[nH]1. The van der Waals surface area contributed by atoms with Crippen LogP contribution in [0.2, 0.25) is 0 Å². The van der Waals surface area contributed by atoms with Crippen molar-refractivity contribution < 1.29 is 4.39 Å². The van der Waals surface area contributed by atoms with Crippen molar-refractivity contribution in [3.8, 4) is 0 Å². The maximum absolute atomic E-state index is 13.5. The van der Waals surface area contributed by atoms with E-state index in [4.69, 9.17) is 0 Å². The van der Waals surface area contributed by atoms with Crippen LogP contribution in [0, 0.1) is 5.82 Å². The van der Waals surface area contributed by atoms with E-state index in [9.17, 15) is 9.18 Å². The third kappa shape index (κ3) is 1.69. The molecule has 15 heavy (non-hydrogen) atoms. The number of fused-ring (bicyclic) bond motifs is 1. The van der Waals surface area contributed by atoms with Crippen LogP contribution in [0.4, 0.5) is 4.39 Å². The number of H-pyrrole nitrogens is 1. The van der Waals surface area contributed by atoms with Crippen LogP contribution in [0.5, 0.6) is 0 Å². The summed E-state index contributed by atoms with van der Waals surface area (Å²) in [5.41, 5.74) is 0.852. The number of aromatic nitrogens is 1. The highest BCUT2D eigenvalue weighted by Gasteiger charge is 2.09. The van der Waals surface area contributed by atoms with E-state index in [-0.39, 0.29) is 10.9 Å². The van der Waals surface area contributed by atoms with Crippen LogP contribution in [-0.2, 0) is 6.42 Å². The van der Waals surface area contributed by atoms with Crippen molar-refractivity contribution in [1.29, 1.82) is 0 Å². The van der Waals surface area contributed by atoms with Gasteiger partial charge in [0.1, 0.15) is 5.82 Å². The van der Waals surface area contributed by atoms with Gasteiger partial charge in [0.05, 0.1) is 10.9 Å². The quantitative estimate of drug-likeness (QED) is 0.848. The van der Waals surface area contributed by atoms with E-state index in [1.165, 1.54) is 12.1 Å². The number of nitrogens with one attached hydrogen (secondary N) is 1. The smallest absolute Gasteiger partial charge is 0.190 e. The molecule has 1 aromatic heterocycles. The van der Waals surface area contributed by atoms with Gasteiger partial charge in [-0.25, -0.2) is 4.39 Å². The normalized spacial score (nSPS) is 10.9. The van der Waals surface area contributed by atoms with E-state index in [1.54, 1.807) is 6.07 Å². The van der Waals surface area contributed by atoms with Crippen LogP contribution in [0.15, 0.2) is 27.5 Å². The fraction of sp³-hybridized carbons (Fsp3) is 0.182. The molecule has 0 saturated carbocycles. The Hall–Kier alpha value is -1.16. The zero-order valence-corrected chi connectivity index (χ0v) is 9.69. The number of aromatic amines is 1. The highest BCUT2D eigenvalue weighted by molar-refractivity contribution is 9.10. The molecular weight excluding hydrogens is 261 g/mol. The highest BCUT2D eigenvalue weighted by atomic mass is 79.9. The van der Waals surface area contributed by atoms with Crippen molar-refractivity contribution in [2.45, 2.75) is 13.3 Å². The van der Waals surface area contributed by atoms with Gasteiger partial charge in [0.15, 0.2) is 5.43 Å². The minimum absolute atomic E-state index is 0.160. The van der Waals surface area contributed by atoms with Crippen LogP contribution in [0.1, 0.15) is 12.6 Å². The van der Waals surface area contributed by atoms with Gasteiger partial charge in [-0.15, -0.1) is 0 Å². The lowest BCUT2D eigenvalue weighted by molar-refractivity contribution is 0.636. The Morgan fingerprint density at radius 1 is 1.47 bits per heavy atom. The Bertz CT molecular complexity index is 577. The van der Waals surface area contributed by atoms with Crippen LogP contribution >= 0.6 is 15.9 Å². The van der Waals surface area contributed by atoms with Crippen LogP contribution in [0.3, 0.4) is 0 Å². The molecule has 0 aliphatic carbocycles. The number of aryl methyl sites for hydroxylation is 1. The predicted molar refractivity (Wildman–Crippen MR) is 61.6 cm³/mol. The molecule has 1 N–H and O–H groups in total. The second-order valence-corrected chi connectivity index (χ2v) is 4.15. The number of benzene rings is 1. The second-order valence-electron chi connectivity index (χ2n) is 3.29. The molecule has 78 valence electrons. The summed E-state index contributed by atoms with van der Waals surface area (Å²) in [5.74, 6) is -0.402. The monoisotopic (exact) mass is 269 g/mol. The number of halogens is 2. The van der Waals surface area contributed by atoms with Gasteiger partial charge < -0.3 is 4.98 Å². The Labute approximate surface area is 94.3 Å². The first-order valence-electron chi connectivity index (χ1n) is 4.63. The van der Waals surface area contributed by atoms with Gasteiger partial charge >= 0.3 is 0 Å². The van der Waals surface area contributed by atoms with Crippen molar-refractivity contribution >= 4 is 26.8 Å². The van der Waals surface area contributed by atoms with E-state index in [2.05, 4.69) is 20.9 Å². The molecule has 0 spiro atoms. The molecule has 0 unspecified atom stereocenters. The number of pyridine rings is 1. The minimum atomic E-state index is -0.402. The van der Waals surface area contributed by atoms with Gasteiger partial charge in [-0.05, 0) is 34.5 Å². The highest BCUT2D eigenvalue weighted by Crippen LogP contribution is 2.22. The maximum atomic E-state index is 13.5. The van der Waals surface area contributed by atoms with Crippen LogP contribution < -0.4 is 5.43 Å². The third-order valence-electron chi connectivity index (χ3n) is 2.32. The number of hydrogen-bond acceptors (Lipinski definition) is 1. The molecule has 0 amide bonds. The Balaban J connectivity index is 2.97. The molecule has 0 aliphatic rings. The van der Waals surface area contributed by atoms with E-state index in [0.717, 1.165) is 5.69 Å². The minimum Gasteiger partial charge on any atom is -0.356 e. The second kappa shape index (κ2) is 3.77. The maximum Gasteiger partial charge on any atom is 0.190 e. The summed E-state index contributed by atoms with van der Waals surface area (Å²) >= 11 is 3.24. The average Bonchev–Trinajstić information content (AvgIpc) is 2.23. The standard InChI is InChI=1S/C11H9BrFNO/c1-2-6-5-9(15)10-7(12)3-4-8(13)11(10)14-6/h3-5H,2H2,1H3,(H,14,15). The molecular formula is C11H9BrFNO. The van der Waals surface area contributed by atoms with E-state index in [1.807, 2.05) is 6.92 Å². The summed E-state index contributed by atoms with van der Waals surface area (Å²) in [7, 11) is 0. The molecule has 2 aromatic rings. The van der Waals surface area contributed by atoms with Crippen molar-refractivity contribution in [1.82, 2.24) is 4.98 Å². The lowest BCUT2D eigenvalue weighted by Crippen LogP contribution is -2.06. The first-order valence-corrected chi connectivity index (χ1v) is 5.42. The van der Waals surface area contributed by atoms with Gasteiger partial charge in [0.2, 0.25) is 0 Å². The van der Waals surface area contributed by atoms with Crippen molar-refractivity contribution in [3.63, 3.8) is 0 Å². The summed E-state index contributed by atoms with van der Waals surface area (Å²) in [6, 6.07) is 4.38. The van der Waals surface area contributed by atoms with Gasteiger partial charge in [-0.3, -0.25) is 4.79 Å². The van der Waals surface area contributed by atoms with Crippen molar-refractivity contribution in [2.75, 3.05) is 0 Å². The molecule has 2 nitrogen and oxygen atoms in total. The molecule has 0 saturated heterocycles. The van der Waals surface area contributed by atoms with Gasteiger partial charge in [-0.1, -0.05) is 6.92 Å². The number of hydrogen-bond donors (Lipinski definition) is 1. The topological polar surface area (TPSA) is 32.9 Å². The summed E-state index contributed by atoms with van der Waals surface area (Å²) in [5, 5.41) is 0.368. The molecule has 4 heteroatoms. The van der Waals surface area contributed by atoms with E-state index >= 15 is 0 Å². The van der Waals surface area contributed by atoms with E-state index in [0.29, 0.717) is 16.3 Å². The number of rotatable bonds is 1.